The van der Waals surface area contributed by atoms with Crippen LogP contribution in [0.2, 0.25) is 0 Å². The second-order valence-electron chi connectivity index (χ2n) is 12.3. The van der Waals surface area contributed by atoms with Crippen LogP contribution < -0.4 is 5.73 Å². The number of fused-ring (bicyclic) bond motifs is 2. The summed E-state index contributed by atoms with van der Waals surface area (Å²) in [5.74, 6) is 0.849. The summed E-state index contributed by atoms with van der Waals surface area (Å²) in [5.41, 5.74) is 12.2. The van der Waals surface area contributed by atoms with Crippen molar-refractivity contribution >= 4 is 22.3 Å². The Labute approximate surface area is 211 Å². The number of nitrogens with two attached hydrogens (primary N) is 1. The summed E-state index contributed by atoms with van der Waals surface area (Å²) in [5, 5.41) is 30.3. The minimum absolute atomic E-state index is 0.0651. The fourth-order valence-electron chi connectivity index (χ4n) is 8.65. The third-order valence-corrected chi connectivity index (χ3v) is 10.3. The Bertz CT molecular complexity index is 1390. The number of ether oxygens (including phenoxy) is 1. The number of anilines is 1. The summed E-state index contributed by atoms with van der Waals surface area (Å²) >= 11 is 0. The van der Waals surface area contributed by atoms with Crippen molar-refractivity contribution in [3.63, 3.8) is 0 Å². The van der Waals surface area contributed by atoms with Crippen molar-refractivity contribution in [3.8, 4) is 0 Å². The van der Waals surface area contributed by atoms with Gasteiger partial charge in [-0.3, -0.25) is 5.10 Å². The van der Waals surface area contributed by atoms with Crippen molar-refractivity contribution in [3.05, 3.63) is 52.6 Å². The largest absolute Gasteiger partial charge is 0.388 e. The number of aromatic amines is 1. The fraction of sp³-hybridized carbons (Fsp3) is 0.552. The Morgan fingerprint density at radius 3 is 2.81 bits per heavy atom. The topological polar surface area (TPSA) is 108 Å². The lowest BCUT2D eigenvalue weighted by Crippen LogP contribution is -2.62. The fourth-order valence-corrected chi connectivity index (χ4v) is 8.65. The maximum absolute atomic E-state index is 11.2. The molecule has 1 saturated carbocycles. The SMILES string of the molecule is CC1=C2C=C3[C@@H](O)[C@H](O)[C@@H](N(C)C)C[C@]34CC[C@]2(O4)C2CC=C(c3ccc4[nH]nc(N)c4c3)[C@@]2(C)C1. The summed E-state index contributed by atoms with van der Waals surface area (Å²) in [4.78, 5) is 2.03. The van der Waals surface area contributed by atoms with Gasteiger partial charge in [0, 0.05) is 22.8 Å². The van der Waals surface area contributed by atoms with Crippen LogP contribution in [-0.2, 0) is 4.74 Å². The molecule has 5 N–H and O–H groups in total. The van der Waals surface area contributed by atoms with Crippen molar-refractivity contribution in [1.82, 2.24) is 15.1 Å². The third kappa shape index (κ3) is 2.64. The van der Waals surface area contributed by atoms with Crippen LogP contribution in [0.5, 0.6) is 0 Å². The number of nitrogens with zero attached hydrogens (tertiary/aromatic N) is 2. The Balaban J connectivity index is 1.33. The second kappa shape index (κ2) is 7.10. The first-order valence-electron chi connectivity index (χ1n) is 13.2. The average molecular weight is 489 g/mol. The molecule has 5 aliphatic rings. The molecule has 2 bridgehead atoms. The van der Waals surface area contributed by atoms with Gasteiger partial charge in [0.25, 0.3) is 0 Å². The summed E-state index contributed by atoms with van der Waals surface area (Å²) < 4.78 is 7.30. The molecular formula is C29H36N4O3. The van der Waals surface area contributed by atoms with Crippen molar-refractivity contribution in [2.75, 3.05) is 19.8 Å². The number of aliphatic hydroxyl groups excluding tert-OH is 2. The third-order valence-electron chi connectivity index (χ3n) is 10.3. The maximum atomic E-state index is 11.2. The first-order valence-corrected chi connectivity index (χ1v) is 13.2. The smallest absolute Gasteiger partial charge is 0.153 e. The highest BCUT2D eigenvalue weighted by molar-refractivity contribution is 5.92. The van der Waals surface area contributed by atoms with Gasteiger partial charge in [-0.15, -0.1) is 0 Å². The van der Waals surface area contributed by atoms with E-state index in [-0.39, 0.29) is 17.1 Å². The standard InChI is InChI=1S/C29H36N4O3/c1-15-13-27(2)18(16-5-7-21-17(11-16)26(30)32-31-21)6-8-23(27)29-10-9-28(36-29)14-22(33(3)4)25(35)24(34)20(28)12-19(15)29/h5-7,11-12,22-25,34-35H,8-10,13-14H2,1-4H3,(H3,30,31,32)/t22-,23?,24+,25+,27+,28+,29+/m0/s1. The van der Waals surface area contributed by atoms with E-state index in [0.717, 1.165) is 42.2 Å². The van der Waals surface area contributed by atoms with Gasteiger partial charge in [-0.25, -0.2) is 0 Å². The van der Waals surface area contributed by atoms with Gasteiger partial charge in [-0.2, -0.15) is 5.10 Å². The molecule has 190 valence electrons. The van der Waals surface area contributed by atoms with Gasteiger partial charge in [0.15, 0.2) is 5.82 Å². The molecule has 2 fully saturated rings. The molecule has 1 aromatic carbocycles. The van der Waals surface area contributed by atoms with Crippen molar-refractivity contribution < 1.29 is 14.9 Å². The highest BCUT2D eigenvalue weighted by Crippen LogP contribution is 2.69. The molecule has 36 heavy (non-hydrogen) atoms. The van der Waals surface area contributed by atoms with E-state index in [9.17, 15) is 10.2 Å². The van der Waals surface area contributed by atoms with Crippen LogP contribution in [0.4, 0.5) is 5.82 Å². The van der Waals surface area contributed by atoms with E-state index >= 15 is 0 Å². The number of H-pyrrole nitrogens is 1. The lowest BCUT2D eigenvalue weighted by Gasteiger charge is -2.56. The van der Waals surface area contributed by atoms with Crippen molar-refractivity contribution in [1.29, 1.82) is 0 Å². The van der Waals surface area contributed by atoms with E-state index in [1.165, 1.54) is 22.3 Å². The van der Waals surface area contributed by atoms with Gasteiger partial charge < -0.3 is 25.6 Å². The van der Waals surface area contributed by atoms with E-state index in [0.29, 0.717) is 18.2 Å². The molecule has 0 amide bonds. The normalized spacial score (nSPS) is 41.3. The van der Waals surface area contributed by atoms with Gasteiger partial charge in [0.2, 0.25) is 0 Å². The monoisotopic (exact) mass is 488 g/mol. The summed E-state index contributed by atoms with van der Waals surface area (Å²) in [6, 6.07) is 6.30. The zero-order valence-electron chi connectivity index (χ0n) is 21.5. The van der Waals surface area contributed by atoms with Gasteiger partial charge in [0.1, 0.15) is 6.10 Å². The number of allylic oxidation sites excluding steroid dienone is 3. The Hall–Kier alpha value is -2.45. The number of aromatic nitrogens is 2. The zero-order valence-corrected chi connectivity index (χ0v) is 21.5. The molecule has 1 saturated heterocycles. The van der Waals surface area contributed by atoms with Gasteiger partial charge in [-0.1, -0.05) is 30.7 Å². The van der Waals surface area contributed by atoms with E-state index in [1.54, 1.807) is 0 Å². The minimum atomic E-state index is -0.903. The lowest BCUT2D eigenvalue weighted by molar-refractivity contribution is -0.162. The number of nitrogens with one attached hydrogen (secondary N) is 1. The first kappa shape index (κ1) is 22.7. The highest BCUT2D eigenvalue weighted by atomic mass is 16.5. The number of nitrogen functional groups attached to an aromatic ring is 1. The predicted molar refractivity (Wildman–Crippen MR) is 140 cm³/mol. The van der Waals surface area contributed by atoms with Gasteiger partial charge >= 0.3 is 0 Å². The minimum Gasteiger partial charge on any atom is -0.388 e. The van der Waals surface area contributed by atoms with Crippen molar-refractivity contribution in [2.24, 2.45) is 11.3 Å². The summed E-state index contributed by atoms with van der Waals surface area (Å²) in [6.45, 7) is 4.63. The average Bonchev–Trinajstić information content (AvgIpc) is 3.48. The van der Waals surface area contributed by atoms with E-state index in [2.05, 4.69) is 54.4 Å². The Morgan fingerprint density at radius 1 is 1.22 bits per heavy atom. The molecule has 7 heteroatoms. The van der Waals surface area contributed by atoms with E-state index in [1.807, 2.05) is 19.0 Å². The number of benzene rings is 1. The second-order valence-corrected chi connectivity index (χ2v) is 12.3. The molecule has 7 rings (SSSR count). The first-order chi connectivity index (χ1) is 17.1. The number of rotatable bonds is 2. The predicted octanol–water partition coefficient (Wildman–Crippen LogP) is 3.56. The van der Waals surface area contributed by atoms with Crippen molar-refractivity contribution in [2.45, 2.75) is 75.4 Å². The molecular weight excluding hydrogens is 452 g/mol. The number of hydrogen-bond donors (Lipinski definition) is 4. The molecule has 2 aromatic rings. The Kier molecular flexibility index (Phi) is 4.48. The molecule has 3 heterocycles. The van der Waals surface area contributed by atoms with Crippen LogP contribution in [0.1, 0.15) is 51.5 Å². The van der Waals surface area contributed by atoms with Gasteiger partial charge in [0.05, 0.1) is 22.8 Å². The van der Waals surface area contributed by atoms with Crippen LogP contribution in [0, 0.1) is 11.3 Å². The van der Waals surface area contributed by atoms with Crippen LogP contribution in [-0.4, -0.2) is 68.9 Å². The number of aliphatic hydroxyl groups is 2. The van der Waals surface area contributed by atoms with E-state index < -0.39 is 17.8 Å². The van der Waals surface area contributed by atoms with Gasteiger partial charge in [-0.05, 0) is 87.5 Å². The quantitative estimate of drug-likeness (QED) is 0.515. The molecule has 3 aliphatic carbocycles. The zero-order chi connectivity index (χ0) is 25.2. The summed E-state index contributed by atoms with van der Waals surface area (Å²) in [6.07, 6.45) is 7.36. The van der Waals surface area contributed by atoms with Crippen LogP contribution in [0.3, 0.4) is 0 Å². The molecule has 7 nitrogen and oxygen atoms in total. The highest BCUT2D eigenvalue weighted by Gasteiger charge is 2.68. The molecule has 1 aromatic heterocycles. The molecule has 0 radical (unpaired) electrons. The van der Waals surface area contributed by atoms with Crippen LogP contribution >= 0.6 is 0 Å². The van der Waals surface area contributed by atoms with Crippen LogP contribution in [0.15, 0.2) is 47.1 Å². The van der Waals surface area contributed by atoms with E-state index in [4.69, 9.17) is 10.5 Å². The summed E-state index contributed by atoms with van der Waals surface area (Å²) in [7, 11) is 3.95. The lowest BCUT2D eigenvalue weighted by atomic mass is 9.56. The number of likely N-dealkylation sites (N-methyl/N-ethyl adjacent to an activating group) is 1. The molecule has 7 atom stereocenters. The molecule has 2 aliphatic heterocycles. The number of hydrogen-bond acceptors (Lipinski definition) is 6. The molecule has 1 unspecified atom stereocenters. The maximum Gasteiger partial charge on any atom is 0.153 e. The Morgan fingerprint density at radius 2 is 2.03 bits per heavy atom. The molecule has 2 spiro atoms. The van der Waals surface area contributed by atoms with Crippen LogP contribution in [0.25, 0.3) is 16.5 Å².